The molecule has 0 heterocycles. The Labute approximate surface area is 169 Å². The molecule has 0 bridgehead atoms. The van der Waals surface area contributed by atoms with Crippen LogP contribution in [0.25, 0.3) is 17.2 Å². The fourth-order valence-corrected chi connectivity index (χ4v) is 3.41. The van der Waals surface area contributed by atoms with E-state index >= 15 is 0 Å². The molecule has 1 aliphatic rings. The first kappa shape index (κ1) is 20.2. The van der Waals surface area contributed by atoms with Crippen LogP contribution in [-0.2, 0) is 4.79 Å². The van der Waals surface area contributed by atoms with Crippen molar-refractivity contribution >= 4 is 17.7 Å². The van der Waals surface area contributed by atoms with Crippen molar-refractivity contribution in [2.75, 3.05) is 5.32 Å². The van der Waals surface area contributed by atoms with Crippen molar-refractivity contribution < 1.29 is 4.79 Å². The zero-order chi connectivity index (χ0) is 20.3. The molecular formula is C25H32N2O. The SMILES string of the molecule is CCC(=Cc1cc(C)c(-c2ccc(NC(C)C)cc2)cc1C)C(=O)NC1CC1. The predicted octanol–water partition coefficient (Wildman–Crippen LogP) is 5.86. The smallest absolute Gasteiger partial charge is 0.247 e. The third-order valence-corrected chi connectivity index (χ3v) is 5.18. The van der Waals surface area contributed by atoms with E-state index in [0.717, 1.165) is 36.1 Å². The average molecular weight is 377 g/mol. The zero-order valence-electron chi connectivity index (χ0n) is 17.7. The van der Waals surface area contributed by atoms with Crippen LogP contribution in [0.2, 0.25) is 0 Å². The number of hydrogen-bond acceptors (Lipinski definition) is 2. The molecule has 1 fully saturated rings. The molecule has 148 valence electrons. The Hall–Kier alpha value is -2.55. The molecule has 2 N–H and O–H groups in total. The van der Waals surface area contributed by atoms with Gasteiger partial charge in [0.1, 0.15) is 0 Å². The Balaban J connectivity index is 1.85. The van der Waals surface area contributed by atoms with Gasteiger partial charge in [-0.05, 0) is 93.0 Å². The van der Waals surface area contributed by atoms with Crippen molar-refractivity contribution in [3.05, 3.63) is 58.7 Å². The maximum Gasteiger partial charge on any atom is 0.247 e. The van der Waals surface area contributed by atoms with Crippen LogP contribution in [0.4, 0.5) is 5.69 Å². The summed E-state index contributed by atoms with van der Waals surface area (Å²) in [6.07, 6.45) is 5.02. The average Bonchev–Trinajstić information content (AvgIpc) is 3.46. The van der Waals surface area contributed by atoms with Gasteiger partial charge in [0.05, 0.1) is 0 Å². The largest absolute Gasteiger partial charge is 0.383 e. The second-order valence-electron chi connectivity index (χ2n) is 8.17. The summed E-state index contributed by atoms with van der Waals surface area (Å²) >= 11 is 0. The minimum atomic E-state index is 0.0828. The summed E-state index contributed by atoms with van der Waals surface area (Å²) in [4.78, 5) is 12.4. The number of amides is 1. The number of nitrogens with one attached hydrogen (secondary N) is 2. The summed E-state index contributed by atoms with van der Waals surface area (Å²) in [5, 5.41) is 6.53. The van der Waals surface area contributed by atoms with Crippen LogP contribution in [-0.4, -0.2) is 18.0 Å². The van der Waals surface area contributed by atoms with E-state index in [2.05, 4.69) is 80.8 Å². The second-order valence-corrected chi connectivity index (χ2v) is 8.17. The van der Waals surface area contributed by atoms with E-state index in [1.165, 1.54) is 22.3 Å². The molecule has 0 spiro atoms. The molecule has 0 aromatic heterocycles. The summed E-state index contributed by atoms with van der Waals surface area (Å²) in [6, 6.07) is 13.9. The summed E-state index contributed by atoms with van der Waals surface area (Å²) in [7, 11) is 0. The first-order chi connectivity index (χ1) is 13.4. The Kier molecular flexibility index (Phi) is 6.23. The third-order valence-electron chi connectivity index (χ3n) is 5.18. The number of aryl methyl sites for hydroxylation is 2. The van der Waals surface area contributed by atoms with E-state index in [4.69, 9.17) is 0 Å². The fraction of sp³-hybridized carbons (Fsp3) is 0.400. The Morgan fingerprint density at radius 1 is 1.11 bits per heavy atom. The van der Waals surface area contributed by atoms with Gasteiger partial charge in [0.2, 0.25) is 5.91 Å². The third kappa shape index (κ3) is 5.03. The number of benzene rings is 2. The van der Waals surface area contributed by atoms with Crippen molar-refractivity contribution in [2.45, 2.75) is 66.0 Å². The van der Waals surface area contributed by atoms with Crippen LogP contribution < -0.4 is 10.6 Å². The van der Waals surface area contributed by atoms with Gasteiger partial charge in [-0.2, -0.15) is 0 Å². The van der Waals surface area contributed by atoms with Gasteiger partial charge >= 0.3 is 0 Å². The Bertz CT molecular complexity index is 874. The Morgan fingerprint density at radius 3 is 2.36 bits per heavy atom. The summed E-state index contributed by atoms with van der Waals surface area (Å²) in [5.41, 5.74) is 7.99. The van der Waals surface area contributed by atoms with Gasteiger partial charge < -0.3 is 10.6 Å². The highest BCUT2D eigenvalue weighted by atomic mass is 16.1. The monoisotopic (exact) mass is 376 g/mol. The van der Waals surface area contributed by atoms with Gasteiger partial charge in [-0.25, -0.2) is 0 Å². The molecule has 2 aromatic rings. The number of anilines is 1. The lowest BCUT2D eigenvalue weighted by atomic mass is 9.93. The molecule has 0 aliphatic heterocycles. The van der Waals surface area contributed by atoms with Crippen LogP contribution in [0.1, 0.15) is 56.7 Å². The first-order valence-electron chi connectivity index (χ1n) is 10.4. The second kappa shape index (κ2) is 8.64. The molecule has 0 atom stereocenters. The van der Waals surface area contributed by atoms with Crippen LogP contribution >= 0.6 is 0 Å². The maximum absolute atomic E-state index is 12.4. The highest BCUT2D eigenvalue weighted by Gasteiger charge is 2.24. The molecule has 0 saturated heterocycles. The van der Waals surface area contributed by atoms with E-state index in [-0.39, 0.29) is 5.91 Å². The minimum Gasteiger partial charge on any atom is -0.383 e. The van der Waals surface area contributed by atoms with Crippen molar-refractivity contribution in [3.63, 3.8) is 0 Å². The van der Waals surface area contributed by atoms with E-state index in [9.17, 15) is 4.79 Å². The van der Waals surface area contributed by atoms with Gasteiger partial charge in [-0.3, -0.25) is 4.79 Å². The van der Waals surface area contributed by atoms with Crippen molar-refractivity contribution in [1.29, 1.82) is 0 Å². The van der Waals surface area contributed by atoms with E-state index < -0.39 is 0 Å². The van der Waals surface area contributed by atoms with E-state index in [1.807, 2.05) is 6.92 Å². The lowest BCUT2D eigenvalue weighted by Crippen LogP contribution is -2.26. The lowest BCUT2D eigenvalue weighted by molar-refractivity contribution is -0.117. The van der Waals surface area contributed by atoms with Crippen LogP contribution in [0, 0.1) is 13.8 Å². The quantitative estimate of drug-likeness (QED) is 0.594. The highest BCUT2D eigenvalue weighted by molar-refractivity contribution is 5.98. The number of carbonyl (C=O) groups is 1. The van der Waals surface area contributed by atoms with Crippen LogP contribution in [0.5, 0.6) is 0 Å². The molecule has 3 heteroatoms. The van der Waals surface area contributed by atoms with Crippen molar-refractivity contribution in [2.24, 2.45) is 0 Å². The molecule has 2 aromatic carbocycles. The molecule has 1 saturated carbocycles. The molecule has 3 nitrogen and oxygen atoms in total. The topological polar surface area (TPSA) is 41.1 Å². The molecule has 0 radical (unpaired) electrons. The summed E-state index contributed by atoms with van der Waals surface area (Å²) in [6.45, 7) is 10.6. The van der Waals surface area contributed by atoms with Gasteiger partial charge in [0.25, 0.3) is 0 Å². The zero-order valence-corrected chi connectivity index (χ0v) is 17.7. The molecular weight excluding hydrogens is 344 g/mol. The molecule has 28 heavy (non-hydrogen) atoms. The lowest BCUT2D eigenvalue weighted by Gasteiger charge is -2.14. The number of carbonyl (C=O) groups excluding carboxylic acids is 1. The van der Waals surface area contributed by atoms with Gasteiger partial charge in [0, 0.05) is 23.3 Å². The first-order valence-corrected chi connectivity index (χ1v) is 10.4. The van der Waals surface area contributed by atoms with E-state index in [0.29, 0.717) is 12.1 Å². The minimum absolute atomic E-state index is 0.0828. The van der Waals surface area contributed by atoms with Crippen LogP contribution in [0.3, 0.4) is 0 Å². The van der Waals surface area contributed by atoms with Crippen molar-refractivity contribution in [1.82, 2.24) is 5.32 Å². The number of hydrogen-bond donors (Lipinski definition) is 2. The maximum atomic E-state index is 12.4. The van der Waals surface area contributed by atoms with Crippen LogP contribution in [0.15, 0.2) is 42.0 Å². The Morgan fingerprint density at radius 2 is 1.79 bits per heavy atom. The molecule has 3 rings (SSSR count). The molecule has 0 unspecified atom stereocenters. The standard InChI is InChI=1S/C25H32N2O/c1-6-19(25(28)27-23-11-12-23)15-21-13-18(5)24(14-17(21)4)20-7-9-22(10-8-20)26-16(2)3/h7-10,13-16,23,26H,6,11-12H2,1-5H3,(H,27,28). The van der Waals surface area contributed by atoms with Gasteiger partial charge in [0.15, 0.2) is 0 Å². The van der Waals surface area contributed by atoms with Gasteiger partial charge in [-0.15, -0.1) is 0 Å². The van der Waals surface area contributed by atoms with E-state index in [1.54, 1.807) is 0 Å². The summed E-state index contributed by atoms with van der Waals surface area (Å²) < 4.78 is 0. The predicted molar refractivity (Wildman–Crippen MR) is 120 cm³/mol. The number of rotatable bonds is 7. The highest BCUT2D eigenvalue weighted by Crippen LogP contribution is 2.29. The molecule has 1 aliphatic carbocycles. The normalized spacial score (nSPS) is 14.3. The fourth-order valence-electron chi connectivity index (χ4n) is 3.41. The van der Waals surface area contributed by atoms with Gasteiger partial charge in [-0.1, -0.05) is 31.2 Å². The molecule has 1 amide bonds. The summed E-state index contributed by atoms with van der Waals surface area (Å²) in [5.74, 6) is 0.0828. The van der Waals surface area contributed by atoms with Crippen molar-refractivity contribution in [3.8, 4) is 11.1 Å².